The summed E-state index contributed by atoms with van der Waals surface area (Å²) < 4.78 is 12.9. The molecule has 0 saturated carbocycles. The lowest BCUT2D eigenvalue weighted by atomic mass is 10.3. The summed E-state index contributed by atoms with van der Waals surface area (Å²) >= 11 is 8.85. The molecule has 0 saturated heterocycles. The molecular formula is C13H11ClFNOS2. The normalized spacial score (nSPS) is 10.4. The fourth-order valence-electron chi connectivity index (χ4n) is 1.41. The number of amides is 1. The maximum absolute atomic E-state index is 12.9. The van der Waals surface area contributed by atoms with Gasteiger partial charge in [-0.25, -0.2) is 4.39 Å². The van der Waals surface area contributed by atoms with Crippen molar-refractivity contribution < 1.29 is 9.18 Å². The topological polar surface area (TPSA) is 29.1 Å². The molecule has 1 aromatic carbocycles. The number of hydrogen-bond acceptors (Lipinski definition) is 3. The second kappa shape index (κ2) is 6.93. The first-order chi connectivity index (χ1) is 9.15. The van der Waals surface area contributed by atoms with Crippen LogP contribution in [-0.2, 0) is 10.5 Å². The Hall–Kier alpha value is -1.04. The minimum atomic E-state index is -0.494. The molecule has 6 heteroatoms. The van der Waals surface area contributed by atoms with Crippen LogP contribution in [0, 0.1) is 5.82 Å². The quantitative estimate of drug-likeness (QED) is 0.885. The van der Waals surface area contributed by atoms with Crippen molar-refractivity contribution >= 4 is 46.3 Å². The van der Waals surface area contributed by atoms with E-state index in [-0.39, 0.29) is 10.9 Å². The lowest BCUT2D eigenvalue weighted by Crippen LogP contribution is -2.14. The third-order valence-corrected chi connectivity index (χ3v) is 4.59. The monoisotopic (exact) mass is 315 g/mol. The minimum absolute atomic E-state index is 0.00374. The summed E-state index contributed by atoms with van der Waals surface area (Å²) in [6.07, 6.45) is 0. The predicted octanol–water partition coefficient (Wildman–Crippen LogP) is 4.41. The summed E-state index contributed by atoms with van der Waals surface area (Å²) in [5.41, 5.74) is 0.508. The molecule has 0 bridgehead atoms. The van der Waals surface area contributed by atoms with Gasteiger partial charge >= 0.3 is 0 Å². The van der Waals surface area contributed by atoms with E-state index in [2.05, 4.69) is 5.32 Å². The van der Waals surface area contributed by atoms with Crippen LogP contribution in [0.4, 0.5) is 10.1 Å². The Bertz CT molecular complexity index is 560. The Morgan fingerprint density at radius 2 is 2.26 bits per heavy atom. The zero-order valence-corrected chi connectivity index (χ0v) is 12.2. The standard InChI is InChI=1S/C13H11ClFNOS2/c14-11-6-9(3-4-12(11)15)16-13(17)8-18-7-10-2-1-5-19-10/h1-6H,7-8H2,(H,16,17). The third-order valence-electron chi connectivity index (χ3n) is 2.26. The highest BCUT2D eigenvalue weighted by Gasteiger charge is 2.05. The van der Waals surface area contributed by atoms with E-state index in [1.165, 1.54) is 34.8 Å². The van der Waals surface area contributed by atoms with Gasteiger partial charge < -0.3 is 5.32 Å². The summed E-state index contributed by atoms with van der Waals surface area (Å²) in [5, 5.41) is 4.70. The van der Waals surface area contributed by atoms with Crippen LogP contribution >= 0.6 is 34.7 Å². The first kappa shape index (κ1) is 14.4. The summed E-state index contributed by atoms with van der Waals surface area (Å²) in [6, 6.07) is 8.15. The molecule has 2 nitrogen and oxygen atoms in total. The third kappa shape index (κ3) is 4.53. The van der Waals surface area contributed by atoms with E-state index in [1.54, 1.807) is 11.3 Å². The van der Waals surface area contributed by atoms with Gasteiger partial charge in [0.05, 0.1) is 10.8 Å². The average molecular weight is 316 g/mol. The van der Waals surface area contributed by atoms with Crippen LogP contribution in [0.1, 0.15) is 4.88 Å². The lowest BCUT2D eigenvalue weighted by molar-refractivity contribution is -0.113. The Morgan fingerprint density at radius 3 is 2.95 bits per heavy atom. The number of thiophene rings is 1. The van der Waals surface area contributed by atoms with Gasteiger partial charge in [0.15, 0.2) is 0 Å². The van der Waals surface area contributed by atoms with Gasteiger partial charge in [0.25, 0.3) is 0 Å². The van der Waals surface area contributed by atoms with E-state index in [0.717, 1.165) is 5.75 Å². The second-order valence-corrected chi connectivity index (χ2v) is 6.17. The van der Waals surface area contributed by atoms with Crippen molar-refractivity contribution in [2.45, 2.75) is 5.75 Å². The van der Waals surface area contributed by atoms with Crippen LogP contribution in [0.3, 0.4) is 0 Å². The molecule has 0 spiro atoms. The number of carbonyl (C=O) groups is 1. The Balaban J connectivity index is 1.79. The summed E-state index contributed by atoms with van der Waals surface area (Å²) in [4.78, 5) is 12.9. The van der Waals surface area contributed by atoms with Crippen molar-refractivity contribution in [1.82, 2.24) is 0 Å². The molecular weight excluding hydrogens is 305 g/mol. The first-order valence-electron chi connectivity index (χ1n) is 5.50. The second-order valence-electron chi connectivity index (χ2n) is 3.75. The van der Waals surface area contributed by atoms with E-state index in [0.29, 0.717) is 11.4 Å². The number of nitrogens with one attached hydrogen (secondary N) is 1. The number of halogens is 2. The van der Waals surface area contributed by atoms with Crippen LogP contribution < -0.4 is 5.32 Å². The van der Waals surface area contributed by atoms with E-state index in [4.69, 9.17) is 11.6 Å². The maximum atomic E-state index is 12.9. The van der Waals surface area contributed by atoms with Gasteiger partial charge in [0, 0.05) is 16.3 Å². The number of anilines is 1. The molecule has 0 unspecified atom stereocenters. The maximum Gasteiger partial charge on any atom is 0.234 e. The number of rotatable bonds is 5. The zero-order chi connectivity index (χ0) is 13.7. The minimum Gasteiger partial charge on any atom is -0.325 e. The van der Waals surface area contributed by atoms with Gasteiger partial charge in [-0.3, -0.25) is 4.79 Å². The van der Waals surface area contributed by atoms with Gasteiger partial charge in [-0.05, 0) is 29.6 Å². The molecule has 0 fully saturated rings. The number of benzene rings is 1. The molecule has 0 aliphatic carbocycles. The van der Waals surface area contributed by atoms with Gasteiger partial charge in [-0.2, -0.15) is 0 Å². The first-order valence-corrected chi connectivity index (χ1v) is 7.91. The van der Waals surface area contributed by atoms with Crippen LogP contribution in [0.15, 0.2) is 35.7 Å². The molecule has 0 atom stereocenters. The molecule has 0 aliphatic heterocycles. The van der Waals surface area contributed by atoms with Crippen molar-refractivity contribution in [1.29, 1.82) is 0 Å². The van der Waals surface area contributed by atoms with Crippen LogP contribution in [0.2, 0.25) is 5.02 Å². The van der Waals surface area contributed by atoms with Crippen molar-refractivity contribution in [2.75, 3.05) is 11.1 Å². The van der Waals surface area contributed by atoms with Gasteiger partial charge in [-0.1, -0.05) is 17.7 Å². The van der Waals surface area contributed by atoms with Crippen molar-refractivity contribution in [3.8, 4) is 0 Å². The number of thioether (sulfide) groups is 1. The van der Waals surface area contributed by atoms with Crippen LogP contribution in [0.5, 0.6) is 0 Å². The fourth-order valence-corrected chi connectivity index (χ4v) is 3.26. The molecule has 1 heterocycles. The Morgan fingerprint density at radius 1 is 1.42 bits per heavy atom. The van der Waals surface area contributed by atoms with E-state index in [1.807, 2.05) is 17.5 Å². The van der Waals surface area contributed by atoms with E-state index in [9.17, 15) is 9.18 Å². The number of hydrogen-bond donors (Lipinski definition) is 1. The van der Waals surface area contributed by atoms with Crippen LogP contribution in [0.25, 0.3) is 0 Å². The highest BCUT2D eigenvalue weighted by Crippen LogP contribution is 2.20. The SMILES string of the molecule is O=C(CSCc1cccs1)Nc1ccc(F)c(Cl)c1. The largest absolute Gasteiger partial charge is 0.325 e. The highest BCUT2D eigenvalue weighted by atomic mass is 35.5. The molecule has 2 rings (SSSR count). The highest BCUT2D eigenvalue weighted by molar-refractivity contribution is 7.99. The Labute approximate surface area is 124 Å². The molecule has 1 aromatic heterocycles. The molecule has 2 aromatic rings. The molecule has 100 valence electrons. The Kier molecular flexibility index (Phi) is 5.24. The average Bonchev–Trinajstić information content (AvgIpc) is 2.87. The molecule has 1 N–H and O–H groups in total. The van der Waals surface area contributed by atoms with Crippen molar-refractivity contribution in [2.24, 2.45) is 0 Å². The summed E-state index contributed by atoms with van der Waals surface area (Å²) in [5.74, 6) is 0.554. The van der Waals surface area contributed by atoms with Gasteiger partial charge in [-0.15, -0.1) is 23.1 Å². The smallest absolute Gasteiger partial charge is 0.234 e. The van der Waals surface area contributed by atoms with E-state index < -0.39 is 5.82 Å². The molecule has 1 amide bonds. The molecule has 0 aliphatic rings. The number of carbonyl (C=O) groups excluding carboxylic acids is 1. The lowest BCUT2D eigenvalue weighted by Gasteiger charge is -2.05. The van der Waals surface area contributed by atoms with Gasteiger partial charge in [0.1, 0.15) is 5.82 Å². The van der Waals surface area contributed by atoms with Crippen molar-refractivity contribution in [3.05, 3.63) is 51.4 Å². The van der Waals surface area contributed by atoms with Crippen LogP contribution in [-0.4, -0.2) is 11.7 Å². The fraction of sp³-hybridized carbons (Fsp3) is 0.154. The molecule has 0 radical (unpaired) electrons. The summed E-state index contributed by atoms with van der Waals surface area (Å²) in [7, 11) is 0. The predicted molar refractivity (Wildman–Crippen MR) is 80.5 cm³/mol. The summed E-state index contributed by atoms with van der Waals surface area (Å²) in [6.45, 7) is 0. The zero-order valence-electron chi connectivity index (χ0n) is 9.86. The molecule has 19 heavy (non-hydrogen) atoms. The van der Waals surface area contributed by atoms with Crippen molar-refractivity contribution in [3.63, 3.8) is 0 Å². The van der Waals surface area contributed by atoms with E-state index >= 15 is 0 Å². The van der Waals surface area contributed by atoms with Gasteiger partial charge in [0.2, 0.25) is 5.91 Å².